The third-order valence-corrected chi connectivity index (χ3v) is 2.21. The Bertz CT molecular complexity index is 191. The van der Waals surface area contributed by atoms with Gasteiger partial charge in [0.25, 0.3) is 0 Å². The smallest absolute Gasteiger partial charge is 0.134 e. The summed E-state index contributed by atoms with van der Waals surface area (Å²) in [6, 6.07) is 2.26. The van der Waals surface area contributed by atoms with E-state index in [0.29, 0.717) is 6.54 Å². The van der Waals surface area contributed by atoms with Crippen LogP contribution in [-0.2, 0) is 4.79 Å². The van der Waals surface area contributed by atoms with Crippen LogP contribution in [0.2, 0.25) is 0 Å². The average molecular weight is 152 g/mol. The van der Waals surface area contributed by atoms with E-state index < -0.39 is 0 Å². The van der Waals surface area contributed by atoms with Crippen molar-refractivity contribution in [2.75, 3.05) is 13.1 Å². The molecule has 3 heteroatoms. The van der Waals surface area contributed by atoms with Gasteiger partial charge in [0.15, 0.2) is 0 Å². The van der Waals surface area contributed by atoms with E-state index in [1.807, 2.05) is 11.8 Å². The molecule has 0 radical (unpaired) electrons. The summed E-state index contributed by atoms with van der Waals surface area (Å²) >= 11 is 0. The number of hydrogen-bond donors (Lipinski definition) is 0. The van der Waals surface area contributed by atoms with Crippen LogP contribution in [0, 0.1) is 11.3 Å². The van der Waals surface area contributed by atoms with Crippen molar-refractivity contribution in [1.82, 2.24) is 4.90 Å². The molecule has 0 aromatic heterocycles. The number of rotatable bonds is 4. The van der Waals surface area contributed by atoms with Gasteiger partial charge in [-0.15, -0.1) is 0 Å². The summed E-state index contributed by atoms with van der Waals surface area (Å²) in [7, 11) is 0. The van der Waals surface area contributed by atoms with Crippen LogP contribution in [-0.4, -0.2) is 29.8 Å². The highest BCUT2D eigenvalue weighted by atomic mass is 16.1. The predicted molar refractivity (Wildman–Crippen MR) is 40.9 cm³/mol. The molecule has 1 aliphatic carbocycles. The molecule has 1 rings (SSSR count). The van der Waals surface area contributed by atoms with Crippen molar-refractivity contribution in [2.24, 2.45) is 0 Å². The molecule has 0 atom stereocenters. The first kappa shape index (κ1) is 8.22. The van der Waals surface area contributed by atoms with Gasteiger partial charge in [-0.3, -0.25) is 4.90 Å². The molecule has 60 valence electrons. The molecule has 1 saturated carbocycles. The zero-order chi connectivity index (χ0) is 8.32. The molecular weight excluding hydrogens is 140 g/mol. The third kappa shape index (κ3) is 1.41. The second-order valence-corrected chi connectivity index (χ2v) is 2.85. The fourth-order valence-electron chi connectivity index (χ4n) is 1.31. The van der Waals surface area contributed by atoms with Gasteiger partial charge in [0, 0.05) is 0 Å². The summed E-state index contributed by atoms with van der Waals surface area (Å²) in [5, 5.41) is 8.78. The maximum Gasteiger partial charge on any atom is 0.134 e. The maximum absolute atomic E-state index is 10.2. The molecule has 0 bridgehead atoms. The predicted octanol–water partition coefficient (Wildman–Crippen LogP) is 0.563. The lowest BCUT2D eigenvalue weighted by molar-refractivity contribution is -0.109. The third-order valence-electron chi connectivity index (χ3n) is 2.21. The number of likely N-dealkylation sites (N-methyl/N-ethyl adjacent to an activating group) is 1. The monoisotopic (exact) mass is 152 g/mol. The van der Waals surface area contributed by atoms with E-state index in [0.717, 1.165) is 25.7 Å². The molecular formula is C8H12N2O. The molecule has 0 aliphatic heterocycles. The fraction of sp³-hybridized carbons (Fsp3) is 0.750. The molecule has 0 heterocycles. The highest BCUT2D eigenvalue weighted by molar-refractivity contribution is 5.52. The van der Waals surface area contributed by atoms with E-state index in [1.165, 1.54) is 0 Å². The summed E-state index contributed by atoms with van der Waals surface area (Å²) in [5.41, 5.74) is -0.282. The van der Waals surface area contributed by atoms with Crippen molar-refractivity contribution >= 4 is 6.29 Å². The SMILES string of the molecule is CCN(CC=O)C1(C#N)CC1. The van der Waals surface area contributed by atoms with E-state index >= 15 is 0 Å². The van der Waals surface area contributed by atoms with E-state index in [-0.39, 0.29) is 5.54 Å². The van der Waals surface area contributed by atoms with Gasteiger partial charge in [-0.05, 0) is 19.4 Å². The summed E-state index contributed by atoms with van der Waals surface area (Å²) in [5.74, 6) is 0. The van der Waals surface area contributed by atoms with Gasteiger partial charge in [-0.1, -0.05) is 6.92 Å². The molecule has 0 N–H and O–H groups in total. The summed E-state index contributed by atoms with van der Waals surface area (Å²) in [6.07, 6.45) is 2.71. The van der Waals surface area contributed by atoms with Crippen LogP contribution in [0.1, 0.15) is 19.8 Å². The Labute approximate surface area is 66.6 Å². The Morgan fingerprint density at radius 3 is 2.64 bits per heavy atom. The minimum atomic E-state index is -0.282. The topological polar surface area (TPSA) is 44.1 Å². The Morgan fingerprint density at radius 2 is 2.36 bits per heavy atom. The van der Waals surface area contributed by atoms with Crippen LogP contribution in [0.3, 0.4) is 0 Å². The number of carbonyl (C=O) groups excluding carboxylic acids is 1. The van der Waals surface area contributed by atoms with Crippen LogP contribution in [0.4, 0.5) is 0 Å². The van der Waals surface area contributed by atoms with Gasteiger partial charge in [-0.2, -0.15) is 5.26 Å². The van der Waals surface area contributed by atoms with Crippen molar-refractivity contribution in [3.8, 4) is 6.07 Å². The van der Waals surface area contributed by atoms with Crippen LogP contribution in [0.5, 0.6) is 0 Å². The van der Waals surface area contributed by atoms with E-state index in [4.69, 9.17) is 5.26 Å². The second-order valence-electron chi connectivity index (χ2n) is 2.85. The minimum absolute atomic E-state index is 0.282. The Balaban J connectivity index is 2.55. The Morgan fingerprint density at radius 1 is 1.73 bits per heavy atom. The zero-order valence-electron chi connectivity index (χ0n) is 6.71. The standard InChI is InChI=1S/C8H12N2O/c1-2-10(5-6-11)8(7-9)3-4-8/h6H,2-5H2,1H3. The van der Waals surface area contributed by atoms with E-state index in [2.05, 4.69) is 6.07 Å². The van der Waals surface area contributed by atoms with E-state index in [1.54, 1.807) is 0 Å². The molecule has 1 aliphatic rings. The van der Waals surface area contributed by atoms with Gasteiger partial charge in [-0.25, -0.2) is 0 Å². The van der Waals surface area contributed by atoms with Gasteiger partial charge in [0.05, 0.1) is 12.6 Å². The molecule has 0 amide bonds. The normalized spacial score (nSPS) is 19.4. The lowest BCUT2D eigenvalue weighted by Gasteiger charge is -2.22. The van der Waals surface area contributed by atoms with Crippen LogP contribution in [0.15, 0.2) is 0 Å². The summed E-state index contributed by atoms with van der Waals surface area (Å²) < 4.78 is 0. The quantitative estimate of drug-likeness (QED) is 0.553. The number of nitriles is 1. The number of hydrogen-bond acceptors (Lipinski definition) is 3. The highest BCUT2D eigenvalue weighted by Crippen LogP contribution is 2.40. The molecule has 11 heavy (non-hydrogen) atoms. The average Bonchev–Trinajstić information content (AvgIpc) is 2.81. The zero-order valence-corrected chi connectivity index (χ0v) is 6.71. The second kappa shape index (κ2) is 3.02. The fourth-order valence-corrected chi connectivity index (χ4v) is 1.31. The van der Waals surface area contributed by atoms with Crippen LogP contribution in [0.25, 0.3) is 0 Å². The molecule has 0 unspecified atom stereocenters. The lowest BCUT2D eigenvalue weighted by atomic mass is 10.2. The van der Waals surface area contributed by atoms with Crippen LogP contribution >= 0.6 is 0 Å². The Hall–Kier alpha value is -0.880. The molecule has 0 aromatic rings. The molecule has 0 saturated heterocycles. The maximum atomic E-state index is 10.2. The molecule has 3 nitrogen and oxygen atoms in total. The lowest BCUT2D eigenvalue weighted by Crippen LogP contribution is -2.37. The highest BCUT2D eigenvalue weighted by Gasteiger charge is 2.47. The van der Waals surface area contributed by atoms with Gasteiger partial charge in [0.1, 0.15) is 11.8 Å². The van der Waals surface area contributed by atoms with E-state index in [9.17, 15) is 4.79 Å². The van der Waals surface area contributed by atoms with Crippen LogP contribution < -0.4 is 0 Å². The Kier molecular flexibility index (Phi) is 2.25. The largest absolute Gasteiger partial charge is 0.302 e. The number of carbonyl (C=O) groups is 1. The summed E-state index contributed by atoms with van der Waals surface area (Å²) in [6.45, 7) is 3.15. The molecule has 0 aromatic carbocycles. The van der Waals surface area contributed by atoms with Crippen molar-refractivity contribution < 1.29 is 4.79 Å². The van der Waals surface area contributed by atoms with Crippen molar-refractivity contribution in [3.05, 3.63) is 0 Å². The van der Waals surface area contributed by atoms with Crippen molar-refractivity contribution in [1.29, 1.82) is 5.26 Å². The van der Waals surface area contributed by atoms with Crippen molar-refractivity contribution in [3.63, 3.8) is 0 Å². The molecule has 0 spiro atoms. The first-order valence-electron chi connectivity index (χ1n) is 3.89. The number of aldehydes is 1. The van der Waals surface area contributed by atoms with Crippen molar-refractivity contribution in [2.45, 2.75) is 25.3 Å². The first-order chi connectivity index (χ1) is 5.29. The minimum Gasteiger partial charge on any atom is -0.302 e. The van der Waals surface area contributed by atoms with Gasteiger partial charge < -0.3 is 4.79 Å². The van der Waals surface area contributed by atoms with Gasteiger partial charge >= 0.3 is 0 Å². The molecule has 1 fully saturated rings. The summed E-state index contributed by atoms with van der Waals surface area (Å²) in [4.78, 5) is 12.1. The first-order valence-corrected chi connectivity index (χ1v) is 3.89. The van der Waals surface area contributed by atoms with Gasteiger partial charge in [0.2, 0.25) is 0 Å². The number of nitrogens with zero attached hydrogens (tertiary/aromatic N) is 2.